The molecule has 0 amide bonds. The van der Waals surface area contributed by atoms with E-state index in [4.69, 9.17) is 4.98 Å². The third-order valence-electron chi connectivity index (χ3n) is 4.52. The molecule has 0 aliphatic heterocycles. The second kappa shape index (κ2) is 6.63. The molecular formula is C17H30N4. The fourth-order valence-electron chi connectivity index (χ4n) is 3.01. The van der Waals surface area contributed by atoms with Gasteiger partial charge in [-0.15, -0.1) is 0 Å². The molecule has 1 saturated carbocycles. The Bertz CT molecular complexity index is 476. The molecule has 1 heterocycles. The third-order valence-corrected chi connectivity index (χ3v) is 4.52. The van der Waals surface area contributed by atoms with Crippen molar-refractivity contribution in [2.24, 2.45) is 5.41 Å². The molecule has 0 aromatic carbocycles. The number of rotatable bonds is 6. The quantitative estimate of drug-likeness (QED) is 0.818. The van der Waals surface area contributed by atoms with E-state index >= 15 is 0 Å². The van der Waals surface area contributed by atoms with Gasteiger partial charge in [0.1, 0.15) is 17.5 Å². The molecule has 2 rings (SSSR count). The lowest BCUT2D eigenvalue weighted by Gasteiger charge is -2.25. The fourth-order valence-corrected chi connectivity index (χ4v) is 3.01. The van der Waals surface area contributed by atoms with Crippen molar-refractivity contribution in [2.75, 3.05) is 23.7 Å². The Morgan fingerprint density at radius 1 is 1.10 bits per heavy atom. The standard InChI is InChI=1S/C17H30N4/c1-6-18-15-13(4)16(21-14(20-15)12(2)3)19-11-17(5)9-7-8-10-17/h12H,6-11H2,1-5H3,(H2,18,19,20,21). The van der Waals surface area contributed by atoms with Gasteiger partial charge in [-0.1, -0.05) is 33.6 Å². The molecule has 0 bridgehead atoms. The Hall–Kier alpha value is -1.32. The number of aromatic nitrogens is 2. The Morgan fingerprint density at radius 2 is 1.67 bits per heavy atom. The average Bonchev–Trinajstić information content (AvgIpc) is 2.87. The van der Waals surface area contributed by atoms with Crippen LogP contribution in [0.2, 0.25) is 0 Å². The summed E-state index contributed by atoms with van der Waals surface area (Å²) in [6.45, 7) is 12.8. The smallest absolute Gasteiger partial charge is 0.135 e. The number of nitrogens with one attached hydrogen (secondary N) is 2. The SMILES string of the molecule is CCNc1nc(C(C)C)nc(NCC2(C)CCCC2)c1C. The van der Waals surface area contributed by atoms with Crippen LogP contribution in [-0.4, -0.2) is 23.1 Å². The van der Waals surface area contributed by atoms with Gasteiger partial charge in [0.25, 0.3) is 0 Å². The highest BCUT2D eigenvalue weighted by atomic mass is 15.1. The van der Waals surface area contributed by atoms with E-state index in [9.17, 15) is 0 Å². The number of hydrogen-bond donors (Lipinski definition) is 2. The summed E-state index contributed by atoms with van der Waals surface area (Å²) in [6, 6.07) is 0. The van der Waals surface area contributed by atoms with Crippen molar-refractivity contribution in [3.8, 4) is 0 Å². The van der Waals surface area contributed by atoms with Gasteiger partial charge in [0.2, 0.25) is 0 Å². The van der Waals surface area contributed by atoms with Gasteiger partial charge in [-0.2, -0.15) is 0 Å². The van der Waals surface area contributed by atoms with Gasteiger partial charge in [0.15, 0.2) is 0 Å². The van der Waals surface area contributed by atoms with Crippen LogP contribution >= 0.6 is 0 Å². The minimum atomic E-state index is 0.339. The van der Waals surface area contributed by atoms with Crippen LogP contribution in [0.1, 0.15) is 70.7 Å². The van der Waals surface area contributed by atoms with Crippen molar-refractivity contribution in [3.05, 3.63) is 11.4 Å². The van der Waals surface area contributed by atoms with Crippen molar-refractivity contribution in [3.63, 3.8) is 0 Å². The first-order valence-electron chi connectivity index (χ1n) is 8.31. The minimum absolute atomic E-state index is 0.339. The van der Waals surface area contributed by atoms with E-state index in [-0.39, 0.29) is 0 Å². The summed E-state index contributed by atoms with van der Waals surface area (Å²) in [5.74, 6) is 3.22. The van der Waals surface area contributed by atoms with E-state index in [1.54, 1.807) is 0 Å². The highest BCUT2D eigenvalue weighted by molar-refractivity contribution is 5.57. The van der Waals surface area contributed by atoms with Gasteiger partial charge in [-0.25, -0.2) is 9.97 Å². The molecule has 118 valence electrons. The number of anilines is 2. The number of hydrogen-bond acceptors (Lipinski definition) is 4. The molecule has 1 aliphatic rings. The van der Waals surface area contributed by atoms with Gasteiger partial charge in [-0.05, 0) is 32.1 Å². The van der Waals surface area contributed by atoms with Crippen molar-refractivity contribution in [2.45, 2.75) is 66.2 Å². The lowest BCUT2D eigenvalue weighted by atomic mass is 9.89. The van der Waals surface area contributed by atoms with Crippen molar-refractivity contribution < 1.29 is 0 Å². The van der Waals surface area contributed by atoms with E-state index in [0.717, 1.165) is 36.1 Å². The fraction of sp³-hybridized carbons (Fsp3) is 0.765. The molecule has 0 radical (unpaired) electrons. The molecule has 0 saturated heterocycles. The summed E-state index contributed by atoms with van der Waals surface area (Å²) in [5.41, 5.74) is 1.55. The predicted molar refractivity (Wildman–Crippen MR) is 90.1 cm³/mol. The molecule has 1 aliphatic carbocycles. The lowest BCUT2D eigenvalue weighted by molar-refractivity contribution is 0.361. The normalized spacial score (nSPS) is 17.2. The Labute approximate surface area is 129 Å². The zero-order chi connectivity index (χ0) is 15.5. The van der Waals surface area contributed by atoms with E-state index in [1.807, 2.05) is 0 Å². The molecule has 4 nitrogen and oxygen atoms in total. The lowest BCUT2D eigenvalue weighted by Crippen LogP contribution is -2.24. The molecule has 4 heteroatoms. The van der Waals surface area contributed by atoms with Gasteiger partial charge in [-0.3, -0.25) is 0 Å². The van der Waals surface area contributed by atoms with Gasteiger partial charge < -0.3 is 10.6 Å². The molecule has 0 unspecified atom stereocenters. The van der Waals surface area contributed by atoms with Crippen molar-refractivity contribution >= 4 is 11.6 Å². The summed E-state index contributed by atoms with van der Waals surface area (Å²) >= 11 is 0. The molecule has 0 spiro atoms. The predicted octanol–water partition coefficient (Wildman–Crippen LogP) is 4.33. The Morgan fingerprint density at radius 3 is 2.19 bits per heavy atom. The molecule has 21 heavy (non-hydrogen) atoms. The summed E-state index contributed by atoms with van der Waals surface area (Å²) in [7, 11) is 0. The molecule has 1 aromatic rings. The highest BCUT2D eigenvalue weighted by Crippen LogP contribution is 2.37. The van der Waals surface area contributed by atoms with Crippen LogP contribution in [0.4, 0.5) is 11.6 Å². The Balaban J connectivity index is 2.20. The monoisotopic (exact) mass is 290 g/mol. The maximum absolute atomic E-state index is 4.74. The third kappa shape index (κ3) is 3.86. The second-order valence-corrected chi connectivity index (χ2v) is 6.96. The maximum Gasteiger partial charge on any atom is 0.135 e. The first-order chi connectivity index (χ1) is 9.95. The van der Waals surface area contributed by atoms with Crippen molar-refractivity contribution in [1.82, 2.24) is 9.97 Å². The summed E-state index contributed by atoms with van der Waals surface area (Å²) in [6.07, 6.45) is 5.37. The average molecular weight is 290 g/mol. The van der Waals surface area contributed by atoms with Crippen molar-refractivity contribution in [1.29, 1.82) is 0 Å². The van der Waals surface area contributed by atoms with Crippen LogP contribution in [0.15, 0.2) is 0 Å². The van der Waals surface area contributed by atoms with Gasteiger partial charge >= 0.3 is 0 Å². The summed E-state index contributed by atoms with van der Waals surface area (Å²) < 4.78 is 0. The van der Waals surface area contributed by atoms with Crippen LogP contribution in [0, 0.1) is 12.3 Å². The molecule has 1 fully saturated rings. The van der Waals surface area contributed by atoms with Crippen LogP contribution < -0.4 is 10.6 Å². The summed E-state index contributed by atoms with van der Waals surface area (Å²) in [5, 5.41) is 6.96. The van der Waals surface area contributed by atoms with Crippen LogP contribution in [-0.2, 0) is 0 Å². The zero-order valence-corrected chi connectivity index (χ0v) is 14.2. The second-order valence-electron chi connectivity index (χ2n) is 6.96. The van der Waals surface area contributed by atoms with Crippen LogP contribution in [0.3, 0.4) is 0 Å². The van der Waals surface area contributed by atoms with Crippen LogP contribution in [0.5, 0.6) is 0 Å². The van der Waals surface area contributed by atoms with Crippen LogP contribution in [0.25, 0.3) is 0 Å². The van der Waals surface area contributed by atoms with E-state index in [0.29, 0.717) is 11.3 Å². The molecule has 2 N–H and O–H groups in total. The minimum Gasteiger partial charge on any atom is -0.370 e. The van der Waals surface area contributed by atoms with E-state index < -0.39 is 0 Å². The molecular weight excluding hydrogens is 260 g/mol. The Kier molecular flexibility index (Phi) is 5.07. The number of nitrogens with zero attached hydrogens (tertiary/aromatic N) is 2. The molecule has 0 atom stereocenters. The first kappa shape index (κ1) is 16.1. The highest BCUT2D eigenvalue weighted by Gasteiger charge is 2.28. The largest absolute Gasteiger partial charge is 0.370 e. The topological polar surface area (TPSA) is 49.8 Å². The first-order valence-corrected chi connectivity index (χ1v) is 8.31. The van der Waals surface area contributed by atoms with E-state index in [2.05, 4.69) is 50.2 Å². The zero-order valence-electron chi connectivity index (χ0n) is 14.2. The summed E-state index contributed by atoms with van der Waals surface area (Å²) in [4.78, 5) is 9.40. The molecule has 1 aromatic heterocycles. The maximum atomic E-state index is 4.74. The van der Waals surface area contributed by atoms with Gasteiger partial charge in [0, 0.05) is 24.6 Å². The van der Waals surface area contributed by atoms with E-state index in [1.165, 1.54) is 25.7 Å². The van der Waals surface area contributed by atoms with Gasteiger partial charge in [0.05, 0.1) is 0 Å².